The highest BCUT2D eigenvalue weighted by Crippen LogP contribution is 2.38. The number of carboxylic acid groups (broad SMARTS) is 1. The maximum atomic E-state index is 12.1. The first-order valence-electron chi connectivity index (χ1n) is 7.71. The van der Waals surface area contributed by atoms with E-state index >= 15 is 0 Å². The average molecular weight is 282 g/mol. The summed E-state index contributed by atoms with van der Waals surface area (Å²) >= 11 is 0. The highest BCUT2D eigenvalue weighted by atomic mass is 16.4. The van der Waals surface area contributed by atoms with Gasteiger partial charge in [-0.05, 0) is 44.4 Å². The second-order valence-corrected chi connectivity index (χ2v) is 6.69. The molecule has 2 rings (SSSR count). The zero-order chi connectivity index (χ0) is 14.8. The lowest BCUT2D eigenvalue weighted by Gasteiger charge is -2.36. The van der Waals surface area contributed by atoms with Gasteiger partial charge in [0.1, 0.15) is 0 Å². The van der Waals surface area contributed by atoms with E-state index in [1.54, 1.807) is 0 Å². The van der Waals surface area contributed by atoms with Crippen molar-refractivity contribution >= 4 is 11.9 Å². The Morgan fingerprint density at radius 1 is 1.25 bits per heavy atom. The van der Waals surface area contributed by atoms with E-state index in [1.807, 2.05) is 0 Å². The Labute approximate surface area is 120 Å². The van der Waals surface area contributed by atoms with Crippen LogP contribution in [0.1, 0.15) is 51.9 Å². The third-order valence-corrected chi connectivity index (χ3v) is 5.19. The Hall–Kier alpha value is -1.10. The third kappa shape index (κ3) is 3.14. The SMILES string of the molecule is CC1CCC(CNC(=O)C2CCCC2N)(C(=O)O)CC1. The lowest BCUT2D eigenvalue weighted by molar-refractivity contribution is -0.151. The van der Waals surface area contributed by atoms with E-state index in [0.717, 1.165) is 32.1 Å². The van der Waals surface area contributed by atoms with Crippen molar-refractivity contribution in [3.05, 3.63) is 0 Å². The molecule has 0 aliphatic heterocycles. The lowest BCUT2D eigenvalue weighted by atomic mass is 9.70. The molecule has 2 unspecified atom stereocenters. The molecule has 2 aliphatic carbocycles. The van der Waals surface area contributed by atoms with Gasteiger partial charge >= 0.3 is 5.97 Å². The van der Waals surface area contributed by atoms with E-state index < -0.39 is 11.4 Å². The number of nitrogens with two attached hydrogens (primary N) is 1. The molecule has 0 radical (unpaired) electrons. The van der Waals surface area contributed by atoms with Gasteiger partial charge in [0.25, 0.3) is 0 Å². The van der Waals surface area contributed by atoms with Crippen LogP contribution in [0, 0.1) is 17.3 Å². The van der Waals surface area contributed by atoms with Crippen LogP contribution in [0.5, 0.6) is 0 Å². The highest BCUT2D eigenvalue weighted by Gasteiger charge is 2.42. The van der Waals surface area contributed by atoms with Crippen LogP contribution in [0.15, 0.2) is 0 Å². The van der Waals surface area contributed by atoms with Crippen molar-refractivity contribution in [2.45, 2.75) is 57.9 Å². The summed E-state index contributed by atoms with van der Waals surface area (Å²) in [6, 6.07) is -0.0674. The summed E-state index contributed by atoms with van der Waals surface area (Å²) in [7, 11) is 0. The Kier molecular flexibility index (Phi) is 4.68. The number of nitrogens with one attached hydrogen (secondary N) is 1. The fraction of sp³-hybridized carbons (Fsp3) is 0.867. The van der Waals surface area contributed by atoms with Crippen molar-refractivity contribution in [3.63, 3.8) is 0 Å². The molecule has 5 heteroatoms. The quantitative estimate of drug-likeness (QED) is 0.728. The predicted molar refractivity (Wildman–Crippen MR) is 76.0 cm³/mol. The molecule has 0 heterocycles. The molecule has 2 atom stereocenters. The van der Waals surface area contributed by atoms with Gasteiger partial charge in [-0.15, -0.1) is 0 Å². The number of hydrogen-bond donors (Lipinski definition) is 3. The maximum absolute atomic E-state index is 12.1. The zero-order valence-corrected chi connectivity index (χ0v) is 12.2. The van der Waals surface area contributed by atoms with Gasteiger partial charge in [0.2, 0.25) is 5.91 Å². The summed E-state index contributed by atoms with van der Waals surface area (Å²) in [6.45, 7) is 2.40. The first-order valence-corrected chi connectivity index (χ1v) is 7.71. The number of amides is 1. The second-order valence-electron chi connectivity index (χ2n) is 6.69. The van der Waals surface area contributed by atoms with Gasteiger partial charge in [-0.3, -0.25) is 9.59 Å². The predicted octanol–water partition coefficient (Wildman–Crippen LogP) is 1.51. The van der Waals surface area contributed by atoms with Crippen LogP contribution in [0.3, 0.4) is 0 Å². The van der Waals surface area contributed by atoms with E-state index in [2.05, 4.69) is 12.2 Å². The smallest absolute Gasteiger partial charge is 0.311 e. The molecule has 4 N–H and O–H groups in total. The van der Waals surface area contributed by atoms with Gasteiger partial charge in [0.05, 0.1) is 11.3 Å². The number of aliphatic carboxylic acids is 1. The fourth-order valence-corrected chi connectivity index (χ4v) is 3.48. The van der Waals surface area contributed by atoms with Crippen molar-refractivity contribution in [2.24, 2.45) is 23.0 Å². The summed E-state index contributed by atoms with van der Waals surface area (Å²) in [5.41, 5.74) is 5.15. The van der Waals surface area contributed by atoms with Gasteiger partial charge < -0.3 is 16.2 Å². The van der Waals surface area contributed by atoms with E-state index in [4.69, 9.17) is 5.73 Å². The first-order chi connectivity index (χ1) is 9.44. The molecule has 5 nitrogen and oxygen atoms in total. The van der Waals surface area contributed by atoms with E-state index in [9.17, 15) is 14.7 Å². The average Bonchev–Trinajstić information content (AvgIpc) is 2.84. The van der Waals surface area contributed by atoms with Crippen LogP contribution in [0.25, 0.3) is 0 Å². The van der Waals surface area contributed by atoms with Crippen LogP contribution < -0.4 is 11.1 Å². The van der Waals surface area contributed by atoms with Crippen LogP contribution >= 0.6 is 0 Å². The molecule has 0 aromatic rings. The van der Waals surface area contributed by atoms with Crippen molar-refractivity contribution in [2.75, 3.05) is 6.54 Å². The van der Waals surface area contributed by atoms with Crippen molar-refractivity contribution in [3.8, 4) is 0 Å². The summed E-state index contributed by atoms with van der Waals surface area (Å²) in [5, 5.41) is 12.4. The molecule has 2 saturated carbocycles. The van der Waals surface area contributed by atoms with Gasteiger partial charge in [-0.1, -0.05) is 13.3 Å². The topological polar surface area (TPSA) is 92.4 Å². The van der Waals surface area contributed by atoms with Gasteiger partial charge in [-0.2, -0.15) is 0 Å². The number of rotatable bonds is 4. The van der Waals surface area contributed by atoms with Crippen molar-refractivity contribution < 1.29 is 14.7 Å². The molecule has 2 fully saturated rings. The van der Waals surface area contributed by atoms with Crippen LogP contribution in [-0.4, -0.2) is 29.6 Å². The molecular formula is C15H26N2O3. The second kappa shape index (κ2) is 6.12. The first kappa shape index (κ1) is 15.3. The number of carbonyl (C=O) groups excluding carboxylic acids is 1. The van der Waals surface area contributed by atoms with Gasteiger partial charge in [0, 0.05) is 12.6 Å². The van der Waals surface area contributed by atoms with E-state index in [1.165, 1.54) is 0 Å². The van der Waals surface area contributed by atoms with Crippen LogP contribution in [-0.2, 0) is 9.59 Å². The molecular weight excluding hydrogens is 256 g/mol. The molecule has 0 saturated heterocycles. The van der Waals surface area contributed by atoms with Gasteiger partial charge in [-0.25, -0.2) is 0 Å². The van der Waals surface area contributed by atoms with Crippen molar-refractivity contribution in [1.82, 2.24) is 5.32 Å². The van der Waals surface area contributed by atoms with Gasteiger partial charge in [0.15, 0.2) is 0 Å². The Balaban J connectivity index is 1.92. The van der Waals surface area contributed by atoms with Crippen LogP contribution in [0.2, 0.25) is 0 Å². The fourth-order valence-electron chi connectivity index (χ4n) is 3.48. The molecule has 1 amide bonds. The molecule has 20 heavy (non-hydrogen) atoms. The lowest BCUT2D eigenvalue weighted by Crippen LogP contribution is -2.48. The highest BCUT2D eigenvalue weighted by molar-refractivity contribution is 5.81. The Morgan fingerprint density at radius 3 is 2.40 bits per heavy atom. The molecule has 0 bridgehead atoms. The molecule has 0 aromatic carbocycles. The minimum Gasteiger partial charge on any atom is -0.481 e. The molecule has 114 valence electrons. The van der Waals surface area contributed by atoms with E-state index in [0.29, 0.717) is 18.8 Å². The largest absolute Gasteiger partial charge is 0.481 e. The molecule has 2 aliphatic rings. The maximum Gasteiger partial charge on any atom is 0.311 e. The third-order valence-electron chi connectivity index (χ3n) is 5.19. The van der Waals surface area contributed by atoms with E-state index in [-0.39, 0.29) is 24.4 Å². The summed E-state index contributed by atoms with van der Waals surface area (Å²) < 4.78 is 0. The molecule has 0 spiro atoms. The van der Waals surface area contributed by atoms with Crippen molar-refractivity contribution in [1.29, 1.82) is 0 Å². The Morgan fingerprint density at radius 2 is 1.90 bits per heavy atom. The number of carboxylic acids is 1. The minimum atomic E-state index is -0.777. The number of hydrogen-bond acceptors (Lipinski definition) is 3. The monoisotopic (exact) mass is 282 g/mol. The molecule has 0 aromatic heterocycles. The standard InChI is InChI=1S/C15H26N2O3/c1-10-5-7-15(8-6-10,14(19)20)9-17-13(18)11-3-2-4-12(11)16/h10-12H,2-9,16H2,1H3,(H,17,18)(H,19,20). The Bertz CT molecular complexity index is 375. The summed E-state index contributed by atoms with van der Waals surface area (Å²) in [4.78, 5) is 23.7. The van der Waals surface area contributed by atoms with Crippen LogP contribution in [0.4, 0.5) is 0 Å². The summed E-state index contributed by atoms with van der Waals surface area (Å²) in [6.07, 6.45) is 5.85. The minimum absolute atomic E-state index is 0.0609. The summed E-state index contributed by atoms with van der Waals surface area (Å²) in [5.74, 6) is -0.389. The normalized spacial score (nSPS) is 37.6. The number of carbonyl (C=O) groups is 2. The zero-order valence-electron chi connectivity index (χ0n) is 12.2.